The number of carbonyl (C=O) groups excluding carboxylic acids is 1. The summed E-state index contributed by atoms with van der Waals surface area (Å²) in [4.78, 5) is 12.5. The van der Waals surface area contributed by atoms with E-state index in [1.54, 1.807) is 42.3 Å². The lowest BCUT2D eigenvalue weighted by Crippen LogP contribution is -2.29. The molecule has 1 aromatic heterocycles. The van der Waals surface area contributed by atoms with Gasteiger partial charge in [0.2, 0.25) is 10.0 Å². The number of ether oxygens (including phenoxy) is 1. The minimum absolute atomic E-state index is 0.182. The van der Waals surface area contributed by atoms with Crippen molar-refractivity contribution in [2.75, 3.05) is 13.4 Å². The normalized spacial score (nSPS) is 11.2. The summed E-state index contributed by atoms with van der Waals surface area (Å²) >= 11 is 0. The van der Waals surface area contributed by atoms with Gasteiger partial charge in [-0.1, -0.05) is 30.3 Å². The Balaban J connectivity index is 2.01. The van der Waals surface area contributed by atoms with Gasteiger partial charge in [0.15, 0.2) is 0 Å². The van der Waals surface area contributed by atoms with Crippen molar-refractivity contribution in [2.24, 2.45) is 0 Å². The van der Waals surface area contributed by atoms with Gasteiger partial charge in [0, 0.05) is 11.8 Å². The number of nitrogens with zero attached hydrogens (tertiary/aromatic N) is 2. The molecule has 0 atom stereocenters. The van der Waals surface area contributed by atoms with Crippen LogP contribution in [0.4, 0.5) is 0 Å². The zero-order chi connectivity index (χ0) is 19.4. The van der Waals surface area contributed by atoms with Crippen molar-refractivity contribution in [3.05, 3.63) is 71.9 Å². The molecule has 0 spiro atoms. The monoisotopic (exact) mass is 385 g/mol. The maximum Gasteiger partial charge on any atom is 0.268 e. The first-order chi connectivity index (χ1) is 12.9. The third kappa shape index (κ3) is 4.73. The molecule has 1 N–H and O–H groups in total. The standard InChI is InChI=1S/C19H19N3O4S/c1-26-16-10-8-15(9-11-16)18-17(19(23)21-27(2,24)25)13-22(20-18)12-14-6-4-3-5-7-14/h3-11,13H,12H2,1-2H3,(H,21,23). The van der Waals surface area contributed by atoms with E-state index in [0.717, 1.165) is 11.8 Å². The zero-order valence-corrected chi connectivity index (χ0v) is 15.7. The minimum atomic E-state index is -3.69. The van der Waals surface area contributed by atoms with E-state index in [2.05, 4.69) is 5.10 Å². The van der Waals surface area contributed by atoms with Crippen molar-refractivity contribution in [1.82, 2.24) is 14.5 Å². The van der Waals surface area contributed by atoms with Crippen LogP contribution in [0.15, 0.2) is 60.8 Å². The number of hydrogen-bond donors (Lipinski definition) is 1. The van der Waals surface area contributed by atoms with Gasteiger partial charge in [-0.25, -0.2) is 13.1 Å². The fourth-order valence-corrected chi connectivity index (χ4v) is 3.07. The Morgan fingerprint density at radius 1 is 1.11 bits per heavy atom. The van der Waals surface area contributed by atoms with E-state index < -0.39 is 15.9 Å². The van der Waals surface area contributed by atoms with Gasteiger partial charge in [0.1, 0.15) is 11.4 Å². The molecule has 27 heavy (non-hydrogen) atoms. The summed E-state index contributed by atoms with van der Waals surface area (Å²) in [5.41, 5.74) is 2.27. The topological polar surface area (TPSA) is 90.3 Å². The maximum atomic E-state index is 12.5. The van der Waals surface area contributed by atoms with E-state index in [-0.39, 0.29) is 5.56 Å². The second kappa shape index (κ2) is 7.63. The summed E-state index contributed by atoms with van der Waals surface area (Å²) in [7, 11) is -2.12. The quantitative estimate of drug-likeness (QED) is 0.703. The van der Waals surface area contributed by atoms with Crippen LogP contribution in [0.1, 0.15) is 15.9 Å². The highest BCUT2D eigenvalue weighted by Crippen LogP contribution is 2.25. The lowest BCUT2D eigenvalue weighted by Gasteiger charge is -2.04. The molecule has 0 saturated heterocycles. The van der Waals surface area contributed by atoms with Gasteiger partial charge in [-0.05, 0) is 29.8 Å². The first-order valence-electron chi connectivity index (χ1n) is 8.13. The second-order valence-electron chi connectivity index (χ2n) is 6.01. The molecule has 1 heterocycles. The fourth-order valence-electron chi connectivity index (χ4n) is 2.62. The van der Waals surface area contributed by atoms with Crippen LogP contribution in [0.25, 0.3) is 11.3 Å². The average Bonchev–Trinajstić information content (AvgIpc) is 3.05. The molecule has 0 aliphatic heterocycles. The van der Waals surface area contributed by atoms with Crippen molar-refractivity contribution in [3.63, 3.8) is 0 Å². The summed E-state index contributed by atoms with van der Waals surface area (Å²) in [6.45, 7) is 0.455. The molecule has 0 unspecified atom stereocenters. The molecule has 3 aromatic rings. The number of sulfonamides is 1. The lowest BCUT2D eigenvalue weighted by molar-refractivity contribution is 0.0982. The van der Waals surface area contributed by atoms with E-state index >= 15 is 0 Å². The van der Waals surface area contributed by atoms with Gasteiger partial charge < -0.3 is 4.74 Å². The number of hydrogen-bond acceptors (Lipinski definition) is 5. The van der Waals surface area contributed by atoms with Crippen LogP contribution in [-0.2, 0) is 16.6 Å². The summed E-state index contributed by atoms with van der Waals surface area (Å²) in [5.74, 6) is -0.0489. The maximum absolute atomic E-state index is 12.5. The molecule has 7 nitrogen and oxygen atoms in total. The average molecular weight is 385 g/mol. The Morgan fingerprint density at radius 3 is 2.37 bits per heavy atom. The smallest absolute Gasteiger partial charge is 0.268 e. The molecule has 0 aliphatic rings. The molecule has 0 bridgehead atoms. The molecule has 1 amide bonds. The van der Waals surface area contributed by atoms with E-state index in [9.17, 15) is 13.2 Å². The van der Waals surface area contributed by atoms with Crippen LogP contribution in [0, 0.1) is 0 Å². The van der Waals surface area contributed by atoms with Crippen LogP contribution in [0.3, 0.4) is 0 Å². The molecular weight excluding hydrogens is 366 g/mol. The molecule has 0 fully saturated rings. The molecule has 140 valence electrons. The highest BCUT2D eigenvalue weighted by atomic mass is 32.2. The first-order valence-corrected chi connectivity index (χ1v) is 10.0. The Morgan fingerprint density at radius 2 is 1.78 bits per heavy atom. The number of benzene rings is 2. The van der Waals surface area contributed by atoms with Crippen molar-refractivity contribution < 1.29 is 17.9 Å². The first kappa shape index (κ1) is 18.7. The van der Waals surface area contributed by atoms with Crippen molar-refractivity contribution in [2.45, 2.75) is 6.54 Å². The van der Waals surface area contributed by atoms with E-state index in [4.69, 9.17) is 4.74 Å². The van der Waals surface area contributed by atoms with Crippen molar-refractivity contribution in [3.8, 4) is 17.0 Å². The highest BCUT2D eigenvalue weighted by Gasteiger charge is 2.20. The van der Waals surface area contributed by atoms with Gasteiger partial charge >= 0.3 is 0 Å². The van der Waals surface area contributed by atoms with Gasteiger partial charge in [-0.2, -0.15) is 5.10 Å². The summed E-state index contributed by atoms with van der Waals surface area (Å²) < 4.78 is 31.7. The number of rotatable bonds is 6. The SMILES string of the molecule is COc1ccc(-c2nn(Cc3ccccc3)cc2C(=O)NS(C)(=O)=O)cc1. The predicted octanol–water partition coefficient (Wildman–Crippen LogP) is 2.30. The Kier molecular flexibility index (Phi) is 5.27. The molecule has 3 rings (SSSR count). The number of nitrogens with one attached hydrogen (secondary N) is 1. The lowest BCUT2D eigenvalue weighted by atomic mass is 10.1. The second-order valence-corrected chi connectivity index (χ2v) is 7.75. The van der Waals surface area contributed by atoms with Crippen LogP contribution < -0.4 is 9.46 Å². The third-order valence-corrected chi connectivity index (χ3v) is 4.39. The fraction of sp³-hybridized carbons (Fsp3) is 0.158. The molecule has 0 saturated carbocycles. The zero-order valence-electron chi connectivity index (χ0n) is 14.9. The Hall–Kier alpha value is -3.13. The molecule has 2 aromatic carbocycles. The highest BCUT2D eigenvalue weighted by molar-refractivity contribution is 7.89. The van der Waals surface area contributed by atoms with E-state index in [0.29, 0.717) is 23.6 Å². The molecule has 0 radical (unpaired) electrons. The number of aromatic nitrogens is 2. The number of amides is 1. The molecule has 0 aliphatic carbocycles. The van der Waals surface area contributed by atoms with Gasteiger partial charge in [0.25, 0.3) is 5.91 Å². The van der Waals surface area contributed by atoms with Crippen LogP contribution in [-0.4, -0.2) is 37.5 Å². The van der Waals surface area contributed by atoms with Crippen molar-refractivity contribution >= 4 is 15.9 Å². The largest absolute Gasteiger partial charge is 0.497 e. The summed E-state index contributed by atoms with van der Waals surface area (Å²) in [5, 5.41) is 4.50. The number of methoxy groups -OCH3 is 1. The van der Waals surface area contributed by atoms with Gasteiger partial charge in [-0.3, -0.25) is 9.48 Å². The van der Waals surface area contributed by atoms with Gasteiger partial charge in [0.05, 0.1) is 25.5 Å². The predicted molar refractivity (Wildman–Crippen MR) is 102 cm³/mol. The minimum Gasteiger partial charge on any atom is -0.497 e. The number of carbonyl (C=O) groups is 1. The summed E-state index contributed by atoms with van der Waals surface area (Å²) in [6.07, 6.45) is 2.49. The Bertz CT molecular complexity index is 1040. The van der Waals surface area contributed by atoms with Crippen LogP contribution in [0.2, 0.25) is 0 Å². The molecular formula is C19H19N3O4S. The summed E-state index contributed by atoms with van der Waals surface area (Å²) in [6, 6.07) is 16.7. The molecule has 8 heteroatoms. The van der Waals surface area contributed by atoms with E-state index in [1.807, 2.05) is 35.1 Å². The third-order valence-electron chi connectivity index (χ3n) is 3.84. The van der Waals surface area contributed by atoms with Crippen LogP contribution >= 0.6 is 0 Å². The Labute approximate surface area is 157 Å². The van der Waals surface area contributed by atoms with Crippen LogP contribution in [0.5, 0.6) is 5.75 Å². The van der Waals surface area contributed by atoms with Crippen molar-refractivity contribution in [1.29, 1.82) is 0 Å². The van der Waals surface area contributed by atoms with Gasteiger partial charge in [-0.15, -0.1) is 0 Å². The van der Waals surface area contributed by atoms with E-state index in [1.165, 1.54) is 0 Å².